The topological polar surface area (TPSA) is 102 Å². The number of aromatic nitrogens is 5. The Morgan fingerprint density at radius 1 is 1.44 bits per heavy atom. The van der Waals surface area contributed by atoms with Crippen molar-refractivity contribution in [1.29, 1.82) is 0 Å². The molecule has 0 saturated carbocycles. The van der Waals surface area contributed by atoms with Crippen LogP contribution in [-0.2, 0) is 17.8 Å². The van der Waals surface area contributed by atoms with Crippen molar-refractivity contribution in [3.63, 3.8) is 0 Å². The SMILES string of the molecule is Cc1cc(-c2nc(C3CCc4[nH]ncc4C3C)n(CC(N)=O)n2)ccc1F. The number of fused-ring (bicyclic) bond motifs is 1. The van der Waals surface area contributed by atoms with Crippen LogP contribution in [0.25, 0.3) is 11.4 Å². The van der Waals surface area contributed by atoms with Crippen molar-refractivity contribution < 1.29 is 9.18 Å². The summed E-state index contributed by atoms with van der Waals surface area (Å²) in [5, 5.41) is 11.7. The van der Waals surface area contributed by atoms with Gasteiger partial charge >= 0.3 is 0 Å². The maximum atomic E-state index is 13.6. The predicted molar refractivity (Wildman–Crippen MR) is 97.4 cm³/mol. The molecule has 0 radical (unpaired) electrons. The highest BCUT2D eigenvalue weighted by atomic mass is 19.1. The number of amides is 1. The van der Waals surface area contributed by atoms with Crippen LogP contribution in [0.15, 0.2) is 24.4 Å². The maximum absolute atomic E-state index is 13.6. The molecule has 0 saturated heterocycles. The largest absolute Gasteiger partial charge is 0.368 e. The van der Waals surface area contributed by atoms with Gasteiger partial charge < -0.3 is 5.73 Å². The Labute approximate surface area is 155 Å². The summed E-state index contributed by atoms with van der Waals surface area (Å²) in [7, 11) is 0. The molecule has 0 fully saturated rings. The van der Waals surface area contributed by atoms with Crippen molar-refractivity contribution in [3.05, 3.63) is 52.9 Å². The van der Waals surface area contributed by atoms with Gasteiger partial charge in [0.05, 0.1) is 6.20 Å². The number of hydrogen-bond acceptors (Lipinski definition) is 4. The number of aryl methyl sites for hydroxylation is 2. The molecule has 1 aliphatic rings. The van der Waals surface area contributed by atoms with Crippen LogP contribution in [0, 0.1) is 12.7 Å². The van der Waals surface area contributed by atoms with Crippen molar-refractivity contribution in [2.75, 3.05) is 0 Å². The third kappa shape index (κ3) is 3.11. The third-order valence-electron chi connectivity index (χ3n) is 5.30. The second-order valence-electron chi connectivity index (χ2n) is 7.12. The van der Waals surface area contributed by atoms with E-state index in [9.17, 15) is 9.18 Å². The molecule has 2 heterocycles. The van der Waals surface area contributed by atoms with Gasteiger partial charge in [-0.05, 0) is 55.0 Å². The second-order valence-corrected chi connectivity index (χ2v) is 7.12. The lowest BCUT2D eigenvalue weighted by molar-refractivity contribution is -0.118. The first-order valence-electron chi connectivity index (χ1n) is 8.95. The van der Waals surface area contributed by atoms with Gasteiger partial charge in [0, 0.05) is 17.2 Å². The molecule has 8 heteroatoms. The van der Waals surface area contributed by atoms with E-state index in [-0.39, 0.29) is 24.2 Å². The fourth-order valence-corrected chi connectivity index (χ4v) is 3.83. The zero-order chi connectivity index (χ0) is 19.1. The number of primary amides is 1. The summed E-state index contributed by atoms with van der Waals surface area (Å²) in [5.41, 5.74) is 8.97. The highest BCUT2D eigenvalue weighted by Crippen LogP contribution is 2.41. The number of rotatable bonds is 4. The first kappa shape index (κ1) is 17.4. The fourth-order valence-electron chi connectivity index (χ4n) is 3.83. The number of nitrogens with two attached hydrogens (primary N) is 1. The van der Waals surface area contributed by atoms with Gasteiger partial charge in [0.25, 0.3) is 0 Å². The Morgan fingerprint density at radius 2 is 2.26 bits per heavy atom. The summed E-state index contributed by atoms with van der Waals surface area (Å²) in [6, 6.07) is 4.76. The van der Waals surface area contributed by atoms with Crippen molar-refractivity contribution in [2.24, 2.45) is 5.73 Å². The van der Waals surface area contributed by atoms with Crippen LogP contribution in [0.2, 0.25) is 0 Å². The molecule has 2 unspecified atom stereocenters. The lowest BCUT2D eigenvalue weighted by Crippen LogP contribution is -2.25. The minimum atomic E-state index is -0.476. The van der Waals surface area contributed by atoms with Gasteiger partial charge in [0.1, 0.15) is 18.2 Å². The van der Waals surface area contributed by atoms with Crippen LogP contribution >= 0.6 is 0 Å². The first-order valence-corrected chi connectivity index (χ1v) is 8.95. The molecule has 2 aromatic heterocycles. The van der Waals surface area contributed by atoms with E-state index < -0.39 is 5.91 Å². The van der Waals surface area contributed by atoms with Gasteiger partial charge in [-0.1, -0.05) is 6.92 Å². The summed E-state index contributed by atoms with van der Waals surface area (Å²) in [6.07, 6.45) is 3.58. The summed E-state index contributed by atoms with van der Waals surface area (Å²) >= 11 is 0. The third-order valence-corrected chi connectivity index (χ3v) is 5.30. The average molecular weight is 368 g/mol. The zero-order valence-corrected chi connectivity index (χ0v) is 15.2. The molecular weight excluding hydrogens is 347 g/mol. The van der Waals surface area contributed by atoms with E-state index in [1.165, 1.54) is 11.6 Å². The Bertz CT molecular complexity index is 1010. The quantitative estimate of drug-likeness (QED) is 0.738. The van der Waals surface area contributed by atoms with Gasteiger partial charge in [0.2, 0.25) is 5.91 Å². The van der Waals surface area contributed by atoms with E-state index in [0.29, 0.717) is 17.0 Å². The van der Waals surface area contributed by atoms with E-state index in [0.717, 1.165) is 24.4 Å². The predicted octanol–water partition coefficient (Wildman–Crippen LogP) is 2.43. The Hall–Kier alpha value is -3.03. The molecule has 7 nitrogen and oxygen atoms in total. The zero-order valence-electron chi connectivity index (χ0n) is 15.2. The molecular formula is C19H21FN6O. The van der Waals surface area contributed by atoms with E-state index in [1.54, 1.807) is 23.7 Å². The van der Waals surface area contributed by atoms with Crippen LogP contribution in [0.4, 0.5) is 4.39 Å². The maximum Gasteiger partial charge on any atom is 0.239 e. The molecule has 4 rings (SSSR count). The Kier molecular flexibility index (Phi) is 4.25. The number of nitrogens with one attached hydrogen (secondary N) is 1. The van der Waals surface area contributed by atoms with E-state index in [2.05, 4.69) is 22.2 Å². The standard InChI is InChI=1S/C19H21FN6O/c1-10-7-12(3-5-15(10)20)18-23-19(26(25-18)9-17(21)27)13-4-6-16-14(11(13)2)8-22-24-16/h3,5,7-8,11,13H,4,6,9H2,1-2H3,(H2,21,27)(H,22,24). The summed E-state index contributed by atoms with van der Waals surface area (Å²) < 4.78 is 15.2. The number of H-pyrrole nitrogens is 1. The summed E-state index contributed by atoms with van der Waals surface area (Å²) in [5.74, 6) is 0.729. The van der Waals surface area contributed by atoms with Gasteiger partial charge in [-0.3, -0.25) is 9.89 Å². The van der Waals surface area contributed by atoms with Gasteiger partial charge in [0.15, 0.2) is 5.82 Å². The van der Waals surface area contributed by atoms with E-state index in [4.69, 9.17) is 10.7 Å². The van der Waals surface area contributed by atoms with Crippen LogP contribution in [0.5, 0.6) is 0 Å². The van der Waals surface area contributed by atoms with Crippen LogP contribution in [-0.4, -0.2) is 30.9 Å². The first-order chi connectivity index (χ1) is 12.9. The second kappa shape index (κ2) is 6.61. The summed E-state index contributed by atoms with van der Waals surface area (Å²) in [6.45, 7) is 3.79. The molecule has 1 aliphatic carbocycles. The number of carbonyl (C=O) groups is 1. The Morgan fingerprint density at radius 3 is 3.00 bits per heavy atom. The van der Waals surface area contributed by atoms with E-state index in [1.807, 2.05) is 6.20 Å². The molecule has 140 valence electrons. The summed E-state index contributed by atoms with van der Waals surface area (Å²) in [4.78, 5) is 16.3. The van der Waals surface area contributed by atoms with Gasteiger partial charge in [-0.25, -0.2) is 14.1 Å². The minimum Gasteiger partial charge on any atom is -0.368 e. The highest BCUT2D eigenvalue weighted by Gasteiger charge is 2.33. The molecule has 0 aliphatic heterocycles. The van der Waals surface area contributed by atoms with Crippen molar-refractivity contribution in [1.82, 2.24) is 25.0 Å². The van der Waals surface area contributed by atoms with E-state index >= 15 is 0 Å². The van der Waals surface area contributed by atoms with Crippen LogP contribution in [0.1, 0.15) is 47.8 Å². The monoisotopic (exact) mass is 368 g/mol. The molecule has 3 aromatic rings. The molecule has 2 atom stereocenters. The molecule has 0 spiro atoms. The molecule has 27 heavy (non-hydrogen) atoms. The number of hydrogen-bond donors (Lipinski definition) is 2. The van der Waals surface area contributed by atoms with Crippen molar-refractivity contribution in [3.8, 4) is 11.4 Å². The smallest absolute Gasteiger partial charge is 0.239 e. The fraction of sp³-hybridized carbons (Fsp3) is 0.368. The lowest BCUT2D eigenvalue weighted by atomic mass is 9.78. The normalized spacial score (nSPS) is 19.1. The number of nitrogens with zero attached hydrogens (tertiary/aromatic N) is 4. The Balaban J connectivity index is 1.76. The molecule has 1 amide bonds. The number of aromatic amines is 1. The lowest BCUT2D eigenvalue weighted by Gasteiger charge is -2.27. The molecule has 1 aromatic carbocycles. The van der Waals surface area contributed by atoms with Gasteiger partial charge in [-0.2, -0.15) is 10.2 Å². The van der Waals surface area contributed by atoms with Crippen molar-refractivity contribution in [2.45, 2.75) is 45.1 Å². The van der Waals surface area contributed by atoms with Crippen LogP contribution < -0.4 is 5.73 Å². The van der Waals surface area contributed by atoms with Crippen molar-refractivity contribution >= 4 is 5.91 Å². The average Bonchev–Trinajstić information content (AvgIpc) is 3.25. The minimum absolute atomic E-state index is 0.0377. The van der Waals surface area contributed by atoms with Gasteiger partial charge in [-0.15, -0.1) is 0 Å². The van der Waals surface area contributed by atoms with Crippen LogP contribution in [0.3, 0.4) is 0 Å². The highest BCUT2D eigenvalue weighted by molar-refractivity contribution is 5.73. The molecule has 3 N–H and O–H groups in total. The number of benzene rings is 1. The number of carbonyl (C=O) groups excluding carboxylic acids is 1. The number of halogens is 1. The molecule has 0 bridgehead atoms.